The van der Waals surface area contributed by atoms with Crippen LogP contribution in [0, 0.1) is 0 Å². The van der Waals surface area contributed by atoms with Gasteiger partial charge in [0.05, 0.1) is 23.1 Å². The molecular weight excluding hydrogens is 395 g/mol. The predicted octanol–water partition coefficient (Wildman–Crippen LogP) is 3.39. The molecule has 1 aromatic heterocycles. The normalized spacial score (nSPS) is 21.6. The maximum absolute atomic E-state index is 12.6. The maximum Gasteiger partial charge on any atom is 0.416 e. The molecule has 1 atom stereocenters. The number of hydrogen-bond donors (Lipinski definition) is 1. The van der Waals surface area contributed by atoms with Crippen molar-refractivity contribution in [1.82, 2.24) is 9.78 Å². The van der Waals surface area contributed by atoms with Crippen LogP contribution in [0.25, 0.3) is 0 Å². The van der Waals surface area contributed by atoms with Gasteiger partial charge in [0.15, 0.2) is 15.5 Å². The topological polar surface area (TPSA) is 81.1 Å². The fraction of sp³-hybridized carbons (Fsp3) is 0.444. The molecule has 4 rings (SSSR count). The summed E-state index contributed by atoms with van der Waals surface area (Å²) in [4.78, 5) is 12.5. The lowest BCUT2D eigenvalue weighted by molar-refractivity contribution is -0.137. The summed E-state index contributed by atoms with van der Waals surface area (Å²) in [5.74, 6) is -0.159. The Morgan fingerprint density at radius 3 is 2.36 bits per heavy atom. The van der Waals surface area contributed by atoms with Gasteiger partial charge in [0, 0.05) is 17.3 Å². The monoisotopic (exact) mass is 413 g/mol. The van der Waals surface area contributed by atoms with E-state index in [0.717, 1.165) is 30.7 Å². The summed E-state index contributed by atoms with van der Waals surface area (Å²) < 4.78 is 63.1. The van der Waals surface area contributed by atoms with E-state index in [1.165, 1.54) is 12.1 Å². The Hall–Kier alpha value is -2.36. The molecule has 1 saturated heterocycles. The van der Waals surface area contributed by atoms with Gasteiger partial charge in [0.2, 0.25) is 0 Å². The molecule has 10 heteroatoms. The van der Waals surface area contributed by atoms with Crippen LogP contribution >= 0.6 is 0 Å². The van der Waals surface area contributed by atoms with Gasteiger partial charge in [-0.1, -0.05) is 0 Å². The first kappa shape index (κ1) is 19.0. The van der Waals surface area contributed by atoms with E-state index < -0.39 is 27.5 Å². The van der Waals surface area contributed by atoms with Gasteiger partial charge in [0.25, 0.3) is 5.91 Å². The van der Waals surface area contributed by atoms with Crippen molar-refractivity contribution in [2.45, 2.75) is 37.4 Å². The number of rotatable bonds is 4. The van der Waals surface area contributed by atoms with E-state index in [0.29, 0.717) is 6.42 Å². The molecule has 0 spiro atoms. The molecule has 1 aromatic carbocycles. The molecule has 1 aliphatic carbocycles. The number of anilines is 1. The zero-order chi connectivity index (χ0) is 20.1. The Morgan fingerprint density at radius 1 is 1.14 bits per heavy atom. The third kappa shape index (κ3) is 3.91. The molecule has 150 valence electrons. The van der Waals surface area contributed by atoms with Gasteiger partial charge in [-0.25, -0.2) is 8.42 Å². The van der Waals surface area contributed by atoms with E-state index in [9.17, 15) is 26.4 Å². The highest BCUT2D eigenvalue weighted by atomic mass is 32.2. The second kappa shape index (κ2) is 6.61. The zero-order valence-electron chi connectivity index (χ0n) is 14.7. The lowest BCUT2D eigenvalue weighted by Gasteiger charge is -2.12. The molecule has 1 amide bonds. The number of carbonyl (C=O) groups is 1. The Kier molecular flexibility index (Phi) is 4.48. The van der Waals surface area contributed by atoms with Gasteiger partial charge >= 0.3 is 6.18 Å². The number of amides is 1. The highest BCUT2D eigenvalue weighted by Crippen LogP contribution is 2.42. The number of hydrogen-bond acceptors (Lipinski definition) is 4. The average Bonchev–Trinajstić information content (AvgIpc) is 3.25. The summed E-state index contributed by atoms with van der Waals surface area (Å²) in [6, 6.07) is 5.53. The molecular formula is C18H18F3N3O3S. The number of benzene rings is 1. The van der Waals surface area contributed by atoms with Crippen LogP contribution in [0.3, 0.4) is 0 Å². The number of alkyl halides is 3. The molecule has 6 nitrogen and oxygen atoms in total. The van der Waals surface area contributed by atoms with Crippen molar-refractivity contribution in [2.75, 3.05) is 16.8 Å². The summed E-state index contributed by atoms with van der Waals surface area (Å²) in [6.45, 7) is 0. The highest BCUT2D eigenvalue weighted by molar-refractivity contribution is 7.91. The van der Waals surface area contributed by atoms with E-state index in [1.54, 1.807) is 10.7 Å². The predicted molar refractivity (Wildman–Crippen MR) is 95.9 cm³/mol. The summed E-state index contributed by atoms with van der Waals surface area (Å²) in [5, 5.41) is 6.88. The van der Waals surface area contributed by atoms with Crippen molar-refractivity contribution in [3.8, 4) is 0 Å². The fourth-order valence-electron chi connectivity index (χ4n) is 3.40. The molecule has 1 aliphatic heterocycles. The van der Waals surface area contributed by atoms with Crippen molar-refractivity contribution in [1.29, 1.82) is 0 Å². The minimum atomic E-state index is -4.44. The SMILES string of the molecule is O=C(Nc1ccc(C(F)(F)F)cc1)c1cc(C2CC2)n(C2CCS(=O)(=O)C2)n1. The van der Waals surface area contributed by atoms with Crippen LogP contribution in [0.5, 0.6) is 0 Å². The first-order valence-electron chi connectivity index (χ1n) is 8.91. The van der Waals surface area contributed by atoms with Crippen LogP contribution in [0.1, 0.15) is 53.0 Å². The standard InChI is InChI=1S/C18H18F3N3O3S/c19-18(20,21)12-3-5-13(6-4-12)22-17(25)15-9-16(11-1-2-11)24(23-15)14-7-8-28(26,27)10-14/h3-6,9,11,14H,1-2,7-8,10H2,(H,22,25). The van der Waals surface area contributed by atoms with E-state index >= 15 is 0 Å². The number of sulfone groups is 1. The summed E-state index contributed by atoms with van der Waals surface area (Å²) in [5.41, 5.74) is 0.406. The van der Waals surface area contributed by atoms with E-state index in [4.69, 9.17) is 0 Å². The molecule has 2 aliphatic rings. The van der Waals surface area contributed by atoms with Crippen molar-refractivity contribution in [3.63, 3.8) is 0 Å². The number of carbonyl (C=O) groups excluding carboxylic acids is 1. The molecule has 0 radical (unpaired) electrons. The van der Waals surface area contributed by atoms with Crippen LogP contribution in [-0.2, 0) is 16.0 Å². The van der Waals surface area contributed by atoms with Crippen molar-refractivity contribution in [3.05, 3.63) is 47.3 Å². The Balaban J connectivity index is 1.54. The third-order valence-corrected chi connectivity index (χ3v) is 6.77. The largest absolute Gasteiger partial charge is 0.416 e. The number of halogens is 3. The van der Waals surface area contributed by atoms with Gasteiger partial charge in [-0.2, -0.15) is 18.3 Å². The maximum atomic E-state index is 12.6. The van der Waals surface area contributed by atoms with Gasteiger partial charge in [-0.15, -0.1) is 0 Å². The van der Waals surface area contributed by atoms with Crippen molar-refractivity contribution >= 4 is 21.4 Å². The van der Waals surface area contributed by atoms with E-state index in [2.05, 4.69) is 10.4 Å². The van der Waals surface area contributed by atoms with Gasteiger partial charge in [0.1, 0.15) is 0 Å². The molecule has 1 N–H and O–H groups in total. The van der Waals surface area contributed by atoms with Crippen LogP contribution in [0.15, 0.2) is 30.3 Å². The van der Waals surface area contributed by atoms with Crippen molar-refractivity contribution in [2.24, 2.45) is 0 Å². The second-order valence-electron chi connectivity index (χ2n) is 7.26. The minimum absolute atomic E-state index is 0.00830. The minimum Gasteiger partial charge on any atom is -0.321 e. The summed E-state index contributed by atoms with van der Waals surface area (Å²) >= 11 is 0. The molecule has 1 saturated carbocycles. The summed E-state index contributed by atoms with van der Waals surface area (Å²) in [7, 11) is -3.09. The molecule has 0 bridgehead atoms. The Morgan fingerprint density at radius 2 is 1.82 bits per heavy atom. The highest BCUT2D eigenvalue weighted by Gasteiger charge is 2.36. The molecule has 1 unspecified atom stereocenters. The van der Waals surface area contributed by atoms with Crippen LogP contribution in [0.4, 0.5) is 18.9 Å². The van der Waals surface area contributed by atoms with Gasteiger partial charge < -0.3 is 5.32 Å². The average molecular weight is 413 g/mol. The summed E-state index contributed by atoms with van der Waals surface area (Å²) in [6.07, 6.45) is -2.05. The van der Waals surface area contributed by atoms with Crippen LogP contribution in [-0.4, -0.2) is 35.6 Å². The molecule has 2 heterocycles. The van der Waals surface area contributed by atoms with Crippen molar-refractivity contribution < 1.29 is 26.4 Å². The first-order chi connectivity index (χ1) is 13.1. The lowest BCUT2D eigenvalue weighted by Crippen LogP contribution is -2.17. The molecule has 2 aromatic rings. The fourth-order valence-corrected chi connectivity index (χ4v) is 5.09. The quantitative estimate of drug-likeness (QED) is 0.833. The Bertz CT molecular complexity index is 1010. The second-order valence-corrected chi connectivity index (χ2v) is 9.49. The first-order valence-corrected chi connectivity index (χ1v) is 10.7. The smallest absolute Gasteiger partial charge is 0.321 e. The van der Waals surface area contributed by atoms with Gasteiger partial charge in [-0.3, -0.25) is 9.48 Å². The van der Waals surface area contributed by atoms with E-state index in [-0.39, 0.29) is 34.8 Å². The van der Waals surface area contributed by atoms with Gasteiger partial charge in [-0.05, 0) is 49.6 Å². The van der Waals surface area contributed by atoms with Crippen LogP contribution in [0.2, 0.25) is 0 Å². The molecule has 28 heavy (non-hydrogen) atoms. The Labute approximate surface area is 159 Å². The van der Waals surface area contributed by atoms with Crippen LogP contribution < -0.4 is 5.32 Å². The number of aromatic nitrogens is 2. The zero-order valence-corrected chi connectivity index (χ0v) is 15.6. The number of nitrogens with one attached hydrogen (secondary N) is 1. The third-order valence-electron chi connectivity index (χ3n) is 5.02. The molecule has 2 fully saturated rings. The lowest BCUT2D eigenvalue weighted by atomic mass is 10.2. The van der Waals surface area contributed by atoms with E-state index in [1.807, 2.05) is 0 Å². The number of nitrogens with zero attached hydrogens (tertiary/aromatic N) is 2.